The molecule has 2 rings (SSSR count). The summed E-state index contributed by atoms with van der Waals surface area (Å²) in [5, 5.41) is 12.0. The number of hydrogen-bond acceptors (Lipinski definition) is 4. The van der Waals surface area contributed by atoms with Gasteiger partial charge in [-0.25, -0.2) is 9.78 Å². The molecule has 0 aliphatic heterocycles. The number of hydrogen-bond donors (Lipinski definition) is 3. The molecule has 0 spiro atoms. The lowest BCUT2D eigenvalue weighted by atomic mass is 9.98. The second-order valence-electron chi connectivity index (χ2n) is 6.67. The Hall–Kier alpha value is -2.02. The fourth-order valence-electron chi connectivity index (χ4n) is 2.39. The minimum atomic E-state index is -0.999. The van der Waals surface area contributed by atoms with Crippen LogP contribution in [0.15, 0.2) is 24.3 Å². The number of para-hydroxylation sites is 2. The fraction of sp³-hybridized carbons (Fsp3) is 0.500. The van der Waals surface area contributed by atoms with Crippen LogP contribution in [0.25, 0.3) is 11.0 Å². The van der Waals surface area contributed by atoms with E-state index < -0.39 is 16.8 Å². The van der Waals surface area contributed by atoms with Crippen LogP contribution in [0.3, 0.4) is 0 Å². The Kier molecular flexibility index (Phi) is 6.11. The van der Waals surface area contributed by atoms with Crippen molar-refractivity contribution in [3.05, 3.63) is 30.1 Å². The van der Waals surface area contributed by atoms with Gasteiger partial charge in [-0.2, -0.15) is 0 Å². The second-order valence-corrected chi connectivity index (χ2v) is 8.27. The number of fused-ring (bicyclic) bond motifs is 1. The predicted molar refractivity (Wildman–Crippen MR) is 100 cm³/mol. The van der Waals surface area contributed by atoms with Gasteiger partial charge in [0.25, 0.3) is 0 Å². The molecule has 0 aliphatic carbocycles. The van der Waals surface area contributed by atoms with Crippen molar-refractivity contribution in [3.63, 3.8) is 0 Å². The highest BCUT2D eigenvalue weighted by Crippen LogP contribution is 2.28. The number of nitrogens with one attached hydrogen (secondary N) is 2. The van der Waals surface area contributed by atoms with Crippen molar-refractivity contribution in [2.75, 3.05) is 0 Å². The van der Waals surface area contributed by atoms with Gasteiger partial charge in [0.15, 0.2) is 0 Å². The summed E-state index contributed by atoms with van der Waals surface area (Å²) in [4.78, 5) is 31.7. The number of benzene rings is 1. The number of H-pyrrole nitrogens is 1. The second kappa shape index (κ2) is 7.91. The number of carbonyl (C=O) groups excluding carboxylic acids is 1. The summed E-state index contributed by atoms with van der Waals surface area (Å²) in [5.41, 5.74) is 1.85. The van der Waals surface area contributed by atoms with Crippen molar-refractivity contribution in [3.8, 4) is 0 Å². The van der Waals surface area contributed by atoms with Crippen LogP contribution in [0, 0.1) is 5.92 Å². The Labute approximate surface area is 151 Å². The molecular weight excluding hydrogens is 338 g/mol. The highest BCUT2D eigenvalue weighted by Gasteiger charge is 2.33. The number of rotatable bonds is 8. The monoisotopic (exact) mass is 363 g/mol. The highest BCUT2D eigenvalue weighted by molar-refractivity contribution is 8.00. The van der Waals surface area contributed by atoms with Crippen molar-refractivity contribution in [1.82, 2.24) is 15.3 Å². The zero-order chi connectivity index (χ0) is 18.6. The quantitative estimate of drug-likeness (QED) is 0.669. The average molecular weight is 363 g/mol. The highest BCUT2D eigenvalue weighted by atomic mass is 32.2. The Morgan fingerprint density at radius 3 is 2.64 bits per heavy atom. The summed E-state index contributed by atoms with van der Waals surface area (Å²) in [5.74, 6) is -0.0700. The van der Waals surface area contributed by atoms with Gasteiger partial charge in [0, 0.05) is 0 Å². The van der Waals surface area contributed by atoms with Crippen molar-refractivity contribution in [2.24, 2.45) is 5.92 Å². The van der Waals surface area contributed by atoms with Gasteiger partial charge < -0.3 is 15.4 Å². The smallest absolute Gasteiger partial charge is 0.326 e. The summed E-state index contributed by atoms with van der Waals surface area (Å²) in [6.07, 6.45) is 0.684. The summed E-state index contributed by atoms with van der Waals surface area (Å²) in [6, 6.07) is 6.89. The Morgan fingerprint density at radius 1 is 1.36 bits per heavy atom. The number of nitrogens with zero attached hydrogens (tertiary/aromatic N) is 1. The first-order valence-corrected chi connectivity index (χ1v) is 9.34. The first-order chi connectivity index (χ1) is 11.7. The minimum Gasteiger partial charge on any atom is -0.480 e. The van der Waals surface area contributed by atoms with Gasteiger partial charge in [0.1, 0.15) is 11.9 Å². The maximum atomic E-state index is 12.6. The third-order valence-electron chi connectivity index (χ3n) is 4.32. The van der Waals surface area contributed by atoms with Gasteiger partial charge in [0.2, 0.25) is 5.91 Å². The molecule has 0 saturated heterocycles. The largest absolute Gasteiger partial charge is 0.480 e. The van der Waals surface area contributed by atoms with E-state index in [1.807, 2.05) is 38.1 Å². The van der Waals surface area contributed by atoms with E-state index in [9.17, 15) is 14.7 Å². The van der Waals surface area contributed by atoms with Crippen LogP contribution >= 0.6 is 11.8 Å². The molecule has 7 heteroatoms. The molecule has 2 aromatic rings. The molecule has 0 saturated carbocycles. The summed E-state index contributed by atoms with van der Waals surface area (Å²) in [7, 11) is 0. The van der Waals surface area contributed by atoms with Gasteiger partial charge in [-0.05, 0) is 31.9 Å². The van der Waals surface area contributed by atoms with Gasteiger partial charge in [-0.15, -0.1) is 11.8 Å². The molecule has 136 valence electrons. The normalized spacial score (nSPS) is 14.2. The van der Waals surface area contributed by atoms with Crippen LogP contribution in [0.4, 0.5) is 0 Å². The lowest BCUT2D eigenvalue weighted by molar-refractivity contribution is -0.143. The lowest BCUT2D eigenvalue weighted by Crippen LogP contribution is -2.51. The minimum absolute atomic E-state index is 0.127. The molecule has 2 atom stereocenters. The number of thioether (sulfide) groups is 1. The van der Waals surface area contributed by atoms with E-state index in [-0.39, 0.29) is 11.8 Å². The molecule has 25 heavy (non-hydrogen) atoms. The third-order valence-corrected chi connectivity index (χ3v) is 5.65. The van der Waals surface area contributed by atoms with Crippen molar-refractivity contribution >= 4 is 34.7 Å². The van der Waals surface area contributed by atoms with Crippen LogP contribution in [0.1, 0.15) is 39.9 Å². The molecule has 1 aromatic carbocycles. The van der Waals surface area contributed by atoms with Crippen molar-refractivity contribution in [1.29, 1.82) is 0 Å². The van der Waals surface area contributed by atoms with Crippen LogP contribution in [-0.2, 0) is 15.3 Å². The number of carboxylic acid groups (broad SMARTS) is 1. The van der Waals surface area contributed by atoms with Crippen molar-refractivity contribution < 1.29 is 14.7 Å². The van der Waals surface area contributed by atoms with E-state index in [1.54, 1.807) is 13.8 Å². The van der Waals surface area contributed by atoms with E-state index in [4.69, 9.17) is 0 Å². The zero-order valence-corrected chi connectivity index (χ0v) is 15.8. The van der Waals surface area contributed by atoms with Crippen LogP contribution < -0.4 is 5.32 Å². The molecule has 0 fully saturated rings. The zero-order valence-electron chi connectivity index (χ0n) is 15.0. The SMILES string of the molecule is CC[C@H](C)[C@H](NC(=O)C(C)(C)SCc1nc2ccccc2[nH]1)C(=O)O. The first kappa shape index (κ1) is 19.3. The molecule has 1 amide bonds. The molecule has 0 bridgehead atoms. The average Bonchev–Trinajstić information content (AvgIpc) is 2.99. The molecular formula is C18H25N3O3S. The number of imidazole rings is 1. The number of aromatic nitrogens is 2. The number of aliphatic carboxylic acids is 1. The Bertz CT molecular complexity index is 724. The molecule has 0 aliphatic rings. The number of carbonyl (C=O) groups is 2. The molecule has 6 nitrogen and oxygen atoms in total. The predicted octanol–water partition coefficient (Wildman–Crippen LogP) is 3.19. The molecule has 1 heterocycles. The maximum Gasteiger partial charge on any atom is 0.326 e. The van der Waals surface area contributed by atoms with E-state index in [0.29, 0.717) is 12.2 Å². The Balaban J connectivity index is 2.01. The first-order valence-electron chi connectivity index (χ1n) is 8.36. The topological polar surface area (TPSA) is 95.1 Å². The molecule has 3 N–H and O–H groups in total. The van der Waals surface area contributed by atoms with Crippen LogP contribution in [-0.4, -0.2) is 37.7 Å². The van der Waals surface area contributed by atoms with E-state index in [2.05, 4.69) is 15.3 Å². The van der Waals surface area contributed by atoms with Crippen molar-refractivity contribution in [2.45, 2.75) is 50.7 Å². The van der Waals surface area contributed by atoms with E-state index >= 15 is 0 Å². The summed E-state index contributed by atoms with van der Waals surface area (Å²) >= 11 is 1.43. The van der Waals surface area contributed by atoms with Gasteiger partial charge in [-0.1, -0.05) is 32.4 Å². The summed E-state index contributed by atoms with van der Waals surface area (Å²) < 4.78 is -0.764. The van der Waals surface area contributed by atoms with Crippen LogP contribution in [0.2, 0.25) is 0 Å². The van der Waals surface area contributed by atoms with Gasteiger partial charge in [0.05, 0.1) is 21.5 Å². The molecule has 0 radical (unpaired) electrons. The molecule has 0 unspecified atom stereocenters. The fourth-order valence-corrected chi connectivity index (χ4v) is 3.21. The van der Waals surface area contributed by atoms with Gasteiger partial charge >= 0.3 is 5.97 Å². The summed E-state index contributed by atoms with van der Waals surface area (Å²) in [6.45, 7) is 7.33. The molecule has 1 aromatic heterocycles. The Morgan fingerprint density at radius 2 is 2.04 bits per heavy atom. The van der Waals surface area contributed by atoms with Gasteiger partial charge in [-0.3, -0.25) is 4.79 Å². The van der Waals surface area contributed by atoms with E-state index in [0.717, 1.165) is 16.9 Å². The third kappa shape index (κ3) is 4.75. The maximum absolute atomic E-state index is 12.6. The standard InChI is InChI=1S/C18H25N3O3S/c1-5-11(2)15(16(22)23)21-17(24)18(3,4)25-10-14-19-12-8-6-7-9-13(12)20-14/h6-9,11,15H,5,10H2,1-4H3,(H,19,20)(H,21,24)(H,22,23)/t11-,15-/m0/s1. The number of aromatic amines is 1. The van der Waals surface area contributed by atoms with E-state index in [1.165, 1.54) is 11.8 Å². The lowest BCUT2D eigenvalue weighted by Gasteiger charge is -2.27. The number of amides is 1. The van der Waals surface area contributed by atoms with Crippen LogP contribution in [0.5, 0.6) is 0 Å². The number of carboxylic acids is 1.